The zero-order valence-electron chi connectivity index (χ0n) is 9.65. The fourth-order valence-corrected chi connectivity index (χ4v) is 1.12. The minimum Gasteiger partial charge on any atom is -0.489 e. The van der Waals surface area contributed by atoms with Gasteiger partial charge < -0.3 is 14.8 Å². The van der Waals surface area contributed by atoms with E-state index in [0.717, 1.165) is 6.54 Å². The summed E-state index contributed by atoms with van der Waals surface area (Å²) in [4.78, 5) is 8.04. The summed E-state index contributed by atoms with van der Waals surface area (Å²) in [6.45, 7) is 4.46. The highest BCUT2D eigenvalue weighted by Gasteiger charge is 2.14. The number of nitrogens with one attached hydrogen (secondary N) is 1. The fourth-order valence-electron chi connectivity index (χ4n) is 1.12. The Bertz CT molecular complexity index is 387. The zero-order chi connectivity index (χ0) is 12.0. The van der Waals surface area contributed by atoms with Gasteiger partial charge in [-0.2, -0.15) is 4.98 Å². The Balaban J connectivity index is 2.99. The zero-order valence-corrected chi connectivity index (χ0v) is 9.65. The van der Waals surface area contributed by atoms with E-state index in [1.165, 1.54) is 13.4 Å². The third-order valence-corrected chi connectivity index (χ3v) is 1.84. The summed E-state index contributed by atoms with van der Waals surface area (Å²) in [6.07, 6.45) is 6.27. The van der Waals surface area contributed by atoms with Crippen LogP contribution < -0.4 is 14.8 Å². The van der Waals surface area contributed by atoms with E-state index in [0.29, 0.717) is 17.4 Å². The molecule has 5 nitrogen and oxygen atoms in total. The SMILES string of the molecule is C#CC(C)Oc1ncnc(NCC)c1OC. The smallest absolute Gasteiger partial charge is 0.263 e. The number of ether oxygens (including phenoxy) is 2. The minimum atomic E-state index is -0.363. The van der Waals surface area contributed by atoms with Crippen LogP contribution in [0.25, 0.3) is 0 Å². The highest BCUT2D eigenvalue weighted by atomic mass is 16.5. The molecule has 16 heavy (non-hydrogen) atoms. The Labute approximate surface area is 95.2 Å². The van der Waals surface area contributed by atoms with Crippen molar-refractivity contribution in [2.24, 2.45) is 0 Å². The van der Waals surface area contributed by atoms with E-state index in [-0.39, 0.29) is 6.10 Å². The van der Waals surface area contributed by atoms with E-state index >= 15 is 0 Å². The van der Waals surface area contributed by atoms with Gasteiger partial charge in [-0.05, 0) is 13.8 Å². The summed E-state index contributed by atoms with van der Waals surface area (Å²) < 4.78 is 10.6. The molecule has 0 aliphatic heterocycles. The quantitative estimate of drug-likeness (QED) is 0.760. The number of hydrogen-bond acceptors (Lipinski definition) is 5. The molecule has 86 valence electrons. The summed E-state index contributed by atoms with van der Waals surface area (Å²) in [5, 5.41) is 3.05. The molecule has 0 aliphatic rings. The molecule has 0 aromatic carbocycles. The molecule has 1 N–H and O–H groups in total. The fraction of sp³-hybridized carbons (Fsp3) is 0.455. The number of aromatic nitrogens is 2. The molecule has 1 unspecified atom stereocenters. The van der Waals surface area contributed by atoms with E-state index in [9.17, 15) is 0 Å². The van der Waals surface area contributed by atoms with Crippen LogP contribution in [0, 0.1) is 12.3 Å². The highest BCUT2D eigenvalue weighted by molar-refractivity contribution is 5.55. The molecule has 0 radical (unpaired) electrons. The van der Waals surface area contributed by atoms with Gasteiger partial charge in [-0.1, -0.05) is 5.92 Å². The van der Waals surface area contributed by atoms with Crippen LogP contribution in [-0.4, -0.2) is 29.7 Å². The molecule has 0 spiro atoms. The molecule has 1 aromatic rings. The van der Waals surface area contributed by atoms with Crippen LogP contribution in [0.1, 0.15) is 13.8 Å². The molecule has 0 bridgehead atoms. The summed E-state index contributed by atoms with van der Waals surface area (Å²) in [5.41, 5.74) is 0. The number of nitrogens with zero attached hydrogens (tertiary/aromatic N) is 2. The van der Waals surface area contributed by atoms with Gasteiger partial charge >= 0.3 is 0 Å². The first kappa shape index (κ1) is 12.1. The lowest BCUT2D eigenvalue weighted by Gasteiger charge is -2.14. The van der Waals surface area contributed by atoms with E-state index in [1.54, 1.807) is 6.92 Å². The van der Waals surface area contributed by atoms with Gasteiger partial charge in [-0.25, -0.2) is 4.98 Å². The predicted molar refractivity (Wildman–Crippen MR) is 61.7 cm³/mol. The van der Waals surface area contributed by atoms with Crippen molar-refractivity contribution in [1.82, 2.24) is 9.97 Å². The molecule has 0 fully saturated rings. The van der Waals surface area contributed by atoms with Gasteiger partial charge in [-0.15, -0.1) is 6.42 Å². The average molecular weight is 221 g/mol. The molecule has 5 heteroatoms. The molecule has 1 aromatic heterocycles. The third-order valence-electron chi connectivity index (χ3n) is 1.84. The van der Waals surface area contributed by atoms with Gasteiger partial charge in [0.1, 0.15) is 6.33 Å². The lowest BCUT2D eigenvalue weighted by atomic mass is 10.4. The summed E-state index contributed by atoms with van der Waals surface area (Å²) >= 11 is 0. The standard InChI is InChI=1S/C11H15N3O2/c1-5-8(3)16-11-9(15-4)10(12-6-2)13-7-14-11/h1,7-8H,6H2,2-4H3,(H,12,13,14). The van der Waals surface area contributed by atoms with Crippen molar-refractivity contribution in [3.63, 3.8) is 0 Å². The molecule has 0 aliphatic carbocycles. The van der Waals surface area contributed by atoms with Gasteiger partial charge in [0.05, 0.1) is 7.11 Å². The van der Waals surface area contributed by atoms with Crippen molar-refractivity contribution in [1.29, 1.82) is 0 Å². The molecular weight excluding hydrogens is 206 g/mol. The molecule has 1 rings (SSSR count). The first-order valence-electron chi connectivity index (χ1n) is 4.98. The first-order valence-corrected chi connectivity index (χ1v) is 4.98. The highest BCUT2D eigenvalue weighted by Crippen LogP contribution is 2.31. The second kappa shape index (κ2) is 5.81. The van der Waals surface area contributed by atoms with Gasteiger partial charge in [0.25, 0.3) is 5.88 Å². The van der Waals surface area contributed by atoms with Gasteiger partial charge in [-0.3, -0.25) is 0 Å². The lowest BCUT2D eigenvalue weighted by Crippen LogP contribution is -2.12. The van der Waals surface area contributed by atoms with E-state index in [2.05, 4.69) is 21.2 Å². The molecule has 0 saturated heterocycles. The number of methoxy groups -OCH3 is 1. The maximum Gasteiger partial charge on any atom is 0.263 e. The topological polar surface area (TPSA) is 56.3 Å². The van der Waals surface area contributed by atoms with Crippen LogP contribution in [0.4, 0.5) is 5.82 Å². The Morgan fingerprint density at radius 2 is 2.31 bits per heavy atom. The third kappa shape index (κ3) is 2.76. The van der Waals surface area contributed by atoms with Crippen LogP contribution >= 0.6 is 0 Å². The average Bonchev–Trinajstić information content (AvgIpc) is 2.29. The van der Waals surface area contributed by atoms with Gasteiger partial charge in [0, 0.05) is 6.54 Å². The summed E-state index contributed by atoms with van der Waals surface area (Å²) in [7, 11) is 1.53. The number of anilines is 1. The predicted octanol–water partition coefficient (Wildman–Crippen LogP) is 1.32. The van der Waals surface area contributed by atoms with Crippen LogP contribution in [0.3, 0.4) is 0 Å². The van der Waals surface area contributed by atoms with E-state index < -0.39 is 0 Å². The van der Waals surface area contributed by atoms with Gasteiger partial charge in [0.15, 0.2) is 11.9 Å². The van der Waals surface area contributed by atoms with Crippen LogP contribution in [0.2, 0.25) is 0 Å². The molecule has 0 amide bonds. The van der Waals surface area contributed by atoms with E-state index in [4.69, 9.17) is 15.9 Å². The molecular formula is C11H15N3O2. The van der Waals surface area contributed by atoms with Crippen LogP contribution in [0.5, 0.6) is 11.6 Å². The van der Waals surface area contributed by atoms with Crippen LogP contribution in [-0.2, 0) is 0 Å². The maximum atomic E-state index is 5.42. The van der Waals surface area contributed by atoms with Crippen molar-refractivity contribution in [3.8, 4) is 24.0 Å². The molecule has 1 heterocycles. The van der Waals surface area contributed by atoms with Crippen molar-refractivity contribution in [3.05, 3.63) is 6.33 Å². The van der Waals surface area contributed by atoms with Crippen molar-refractivity contribution < 1.29 is 9.47 Å². The summed E-state index contributed by atoms with van der Waals surface area (Å²) in [5.74, 6) is 3.86. The normalized spacial score (nSPS) is 11.4. The minimum absolute atomic E-state index is 0.346. The lowest BCUT2D eigenvalue weighted by molar-refractivity contribution is 0.250. The second-order valence-corrected chi connectivity index (χ2v) is 3.02. The maximum absolute atomic E-state index is 5.42. The van der Waals surface area contributed by atoms with Crippen molar-refractivity contribution in [2.75, 3.05) is 19.0 Å². The second-order valence-electron chi connectivity index (χ2n) is 3.02. The molecule has 1 atom stereocenters. The molecule has 0 saturated carbocycles. The summed E-state index contributed by atoms with van der Waals surface area (Å²) in [6, 6.07) is 0. The first-order chi connectivity index (χ1) is 7.72. The number of terminal acetylenes is 1. The number of hydrogen-bond donors (Lipinski definition) is 1. The Hall–Kier alpha value is -1.96. The largest absolute Gasteiger partial charge is 0.489 e. The van der Waals surface area contributed by atoms with E-state index in [1.807, 2.05) is 6.92 Å². The van der Waals surface area contributed by atoms with Crippen molar-refractivity contribution in [2.45, 2.75) is 20.0 Å². The Morgan fingerprint density at radius 3 is 2.88 bits per heavy atom. The van der Waals surface area contributed by atoms with Crippen molar-refractivity contribution >= 4 is 5.82 Å². The Kier molecular flexibility index (Phi) is 4.40. The number of rotatable bonds is 5. The van der Waals surface area contributed by atoms with Gasteiger partial charge in [0.2, 0.25) is 5.75 Å². The Morgan fingerprint density at radius 1 is 1.56 bits per heavy atom. The monoisotopic (exact) mass is 221 g/mol. The van der Waals surface area contributed by atoms with Crippen LogP contribution in [0.15, 0.2) is 6.33 Å².